The lowest BCUT2D eigenvalue weighted by atomic mass is 9.89. The normalized spacial score (nSPS) is 19.8. The van der Waals surface area contributed by atoms with Gasteiger partial charge in [-0.2, -0.15) is 0 Å². The zero-order valence-electron chi connectivity index (χ0n) is 24.6. The summed E-state index contributed by atoms with van der Waals surface area (Å²) in [4.78, 5) is 14.7. The van der Waals surface area contributed by atoms with Crippen molar-refractivity contribution in [1.82, 2.24) is 4.72 Å². The molecule has 0 bridgehead atoms. The molecule has 10 heteroatoms. The summed E-state index contributed by atoms with van der Waals surface area (Å²) in [7, 11) is -1.07. The van der Waals surface area contributed by atoms with Crippen molar-refractivity contribution in [2.75, 3.05) is 45.5 Å². The van der Waals surface area contributed by atoms with E-state index in [9.17, 15) is 17.8 Å². The first-order valence-electron chi connectivity index (χ1n) is 14.2. The average Bonchev–Trinajstić information content (AvgIpc) is 3.02. The Morgan fingerprint density at radius 2 is 1.65 bits per heavy atom. The number of benzene rings is 2. The Hall–Kier alpha value is -2.35. The number of nitrogens with zero attached hydrogens (tertiary/aromatic N) is 1. The Labute approximate surface area is 240 Å². The molecule has 0 spiro atoms. The van der Waals surface area contributed by atoms with E-state index in [1.54, 1.807) is 25.7 Å². The van der Waals surface area contributed by atoms with Crippen molar-refractivity contribution in [2.45, 2.75) is 69.6 Å². The van der Waals surface area contributed by atoms with Crippen LogP contribution in [-0.2, 0) is 28.6 Å². The molecule has 0 saturated carbocycles. The van der Waals surface area contributed by atoms with Gasteiger partial charge >= 0.3 is 5.97 Å². The summed E-state index contributed by atoms with van der Waals surface area (Å²) in [6.45, 7) is 3.76. The van der Waals surface area contributed by atoms with E-state index in [1.165, 1.54) is 7.11 Å². The van der Waals surface area contributed by atoms with Gasteiger partial charge in [-0.3, -0.25) is 4.57 Å². The van der Waals surface area contributed by atoms with Gasteiger partial charge in [0.15, 0.2) is 0 Å². The third kappa shape index (κ3) is 8.58. The van der Waals surface area contributed by atoms with E-state index in [1.807, 2.05) is 43.3 Å². The zero-order valence-corrected chi connectivity index (χ0v) is 26.3. The number of fused-ring (bicyclic) bond motifs is 1. The van der Waals surface area contributed by atoms with Gasteiger partial charge in [0.2, 0.25) is 17.4 Å². The molecule has 0 aliphatic carbocycles. The first kappa shape index (κ1) is 32.2. The standard InChI is InChI=1S/C30H45N2O6PS/c1-23-29(30(33)37-4)24(20-22-39(5,34)38-23)15-11-9-7-6-8-10-12-21-31-40(35,36)28-19-14-16-25-26(28)17-13-18-27(25)32(2)3/h13-14,16-19,24,31H,6-12,15,20-22H2,1-5H3. The molecule has 2 atom stereocenters. The molecule has 1 aliphatic heterocycles. The number of allylic oxidation sites excluding steroid dienone is 1. The molecular weight excluding hydrogens is 547 g/mol. The lowest BCUT2D eigenvalue weighted by molar-refractivity contribution is -0.137. The quantitative estimate of drug-likeness (QED) is 0.148. The van der Waals surface area contributed by atoms with E-state index in [0.29, 0.717) is 35.4 Å². The maximum Gasteiger partial charge on any atom is 0.337 e. The lowest BCUT2D eigenvalue weighted by Gasteiger charge is -2.17. The zero-order chi connectivity index (χ0) is 29.3. The van der Waals surface area contributed by atoms with Crippen LogP contribution in [0.3, 0.4) is 0 Å². The van der Waals surface area contributed by atoms with Gasteiger partial charge in [0.1, 0.15) is 5.76 Å². The summed E-state index contributed by atoms with van der Waals surface area (Å²) in [6.07, 6.45) is 8.98. The van der Waals surface area contributed by atoms with Crippen LogP contribution in [-0.4, -0.2) is 55.0 Å². The van der Waals surface area contributed by atoms with Crippen LogP contribution in [0.2, 0.25) is 0 Å². The van der Waals surface area contributed by atoms with Gasteiger partial charge in [-0.1, -0.05) is 62.8 Å². The van der Waals surface area contributed by atoms with Crippen molar-refractivity contribution in [2.24, 2.45) is 5.92 Å². The van der Waals surface area contributed by atoms with Gasteiger partial charge in [-0.25, -0.2) is 17.9 Å². The summed E-state index contributed by atoms with van der Waals surface area (Å²) in [6, 6.07) is 11.1. The largest absolute Gasteiger partial charge is 0.466 e. The highest BCUT2D eigenvalue weighted by molar-refractivity contribution is 7.89. The van der Waals surface area contributed by atoms with Gasteiger partial charge in [-0.15, -0.1) is 0 Å². The van der Waals surface area contributed by atoms with Gasteiger partial charge < -0.3 is 14.2 Å². The van der Waals surface area contributed by atoms with Gasteiger partial charge in [0.05, 0.1) is 17.6 Å². The third-order valence-electron chi connectivity index (χ3n) is 7.56. The third-order valence-corrected chi connectivity index (χ3v) is 10.8. The molecule has 0 amide bonds. The minimum Gasteiger partial charge on any atom is -0.466 e. The SMILES string of the molecule is COC(=O)C1=C(C)OP(C)(=O)CCC1CCCCCCCCCNS(=O)(=O)c1cccc2c(N(C)C)cccc12. The summed E-state index contributed by atoms with van der Waals surface area (Å²) < 4.78 is 52.0. The second-order valence-electron chi connectivity index (χ2n) is 11.0. The monoisotopic (exact) mass is 592 g/mol. The van der Waals surface area contributed by atoms with Gasteiger partial charge in [-0.05, 0) is 44.2 Å². The summed E-state index contributed by atoms with van der Waals surface area (Å²) >= 11 is 0. The number of sulfonamides is 1. The van der Waals surface area contributed by atoms with Crippen molar-refractivity contribution in [3.05, 3.63) is 47.7 Å². The molecule has 0 radical (unpaired) electrons. The van der Waals surface area contributed by atoms with Crippen LogP contribution in [0.4, 0.5) is 5.69 Å². The number of rotatable bonds is 14. The van der Waals surface area contributed by atoms with Crippen molar-refractivity contribution < 1.29 is 27.0 Å². The molecule has 2 aromatic rings. The molecule has 0 saturated heterocycles. The fraction of sp³-hybridized carbons (Fsp3) is 0.567. The maximum atomic E-state index is 13.0. The summed E-state index contributed by atoms with van der Waals surface area (Å²) in [5, 5.41) is 1.64. The summed E-state index contributed by atoms with van der Waals surface area (Å²) in [5.74, 6) is 0.0563. The lowest BCUT2D eigenvalue weighted by Crippen LogP contribution is -2.25. The van der Waals surface area contributed by atoms with E-state index < -0.39 is 23.4 Å². The number of ether oxygens (including phenoxy) is 1. The number of esters is 1. The number of carbonyl (C=O) groups excluding carboxylic acids is 1. The van der Waals surface area contributed by atoms with E-state index >= 15 is 0 Å². The first-order chi connectivity index (χ1) is 19.0. The number of anilines is 1. The Balaban J connectivity index is 1.38. The topological polar surface area (TPSA) is 102 Å². The number of hydrogen-bond acceptors (Lipinski definition) is 7. The van der Waals surface area contributed by atoms with Crippen LogP contribution in [0.25, 0.3) is 10.8 Å². The van der Waals surface area contributed by atoms with Crippen LogP contribution >= 0.6 is 7.37 Å². The molecule has 8 nitrogen and oxygen atoms in total. The van der Waals surface area contributed by atoms with Crippen LogP contribution in [0.15, 0.2) is 52.6 Å². The van der Waals surface area contributed by atoms with Crippen LogP contribution in [0.5, 0.6) is 0 Å². The minimum absolute atomic E-state index is 0.00690. The second-order valence-corrected chi connectivity index (χ2v) is 15.4. The highest BCUT2D eigenvalue weighted by Crippen LogP contribution is 2.50. The van der Waals surface area contributed by atoms with Crippen molar-refractivity contribution in [3.63, 3.8) is 0 Å². The van der Waals surface area contributed by atoms with E-state index in [2.05, 4.69) is 4.72 Å². The Kier molecular flexibility index (Phi) is 11.7. The molecule has 1 N–H and O–H groups in total. The molecular formula is C30H45N2O6PS. The number of nitrogens with one attached hydrogen (secondary N) is 1. The average molecular weight is 593 g/mol. The fourth-order valence-corrected chi connectivity index (χ4v) is 8.33. The number of unbranched alkanes of at least 4 members (excludes halogenated alkanes) is 6. The molecule has 2 aromatic carbocycles. The Morgan fingerprint density at radius 3 is 2.33 bits per heavy atom. The molecule has 0 fully saturated rings. The van der Waals surface area contributed by atoms with Crippen LogP contribution < -0.4 is 9.62 Å². The van der Waals surface area contributed by atoms with Crippen LogP contribution in [0.1, 0.15) is 64.7 Å². The highest BCUT2D eigenvalue weighted by Gasteiger charge is 2.33. The van der Waals surface area contributed by atoms with Crippen molar-refractivity contribution in [1.29, 1.82) is 0 Å². The Morgan fingerprint density at radius 1 is 1.02 bits per heavy atom. The van der Waals surface area contributed by atoms with Gasteiger partial charge in [0.25, 0.3) is 0 Å². The molecule has 40 heavy (non-hydrogen) atoms. The summed E-state index contributed by atoms with van der Waals surface area (Å²) in [5.41, 5.74) is 1.52. The van der Waals surface area contributed by atoms with Crippen LogP contribution in [0, 0.1) is 5.92 Å². The fourth-order valence-electron chi connectivity index (χ4n) is 5.49. The molecule has 3 rings (SSSR count). The van der Waals surface area contributed by atoms with Gasteiger partial charge in [0, 0.05) is 49.9 Å². The number of hydrogen-bond donors (Lipinski definition) is 1. The smallest absolute Gasteiger partial charge is 0.337 e. The highest BCUT2D eigenvalue weighted by atomic mass is 32.2. The molecule has 2 unspecified atom stereocenters. The molecule has 1 heterocycles. The predicted octanol–water partition coefficient (Wildman–Crippen LogP) is 6.70. The van der Waals surface area contributed by atoms with E-state index in [-0.39, 0.29) is 5.92 Å². The minimum atomic E-state index is -3.60. The number of methoxy groups -OCH3 is 1. The maximum absolute atomic E-state index is 13.0. The van der Waals surface area contributed by atoms with Crippen molar-refractivity contribution >= 4 is 39.8 Å². The molecule has 222 valence electrons. The van der Waals surface area contributed by atoms with Crippen molar-refractivity contribution in [3.8, 4) is 0 Å². The first-order valence-corrected chi connectivity index (χ1v) is 17.9. The van der Waals surface area contributed by atoms with E-state index in [0.717, 1.165) is 67.8 Å². The second kappa shape index (κ2) is 14.5. The molecule has 0 aromatic heterocycles. The Bertz CT molecular complexity index is 1360. The number of carbonyl (C=O) groups is 1. The molecule has 1 aliphatic rings. The predicted molar refractivity (Wildman–Crippen MR) is 163 cm³/mol. The van der Waals surface area contributed by atoms with E-state index in [4.69, 9.17) is 9.26 Å².